The summed E-state index contributed by atoms with van der Waals surface area (Å²) in [5.74, 6) is 0.318. The van der Waals surface area contributed by atoms with Crippen LogP contribution in [0.1, 0.15) is 46.1 Å². The molecule has 0 aromatic heterocycles. The second kappa shape index (κ2) is 8.92. The van der Waals surface area contributed by atoms with E-state index in [1.807, 2.05) is 58.0 Å². The Bertz CT molecular complexity index is 590. The van der Waals surface area contributed by atoms with Gasteiger partial charge in [-0.1, -0.05) is 30.3 Å². The van der Waals surface area contributed by atoms with Gasteiger partial charge in [-0.15, -0.1) is 0 Å². The number of amides is 2. The van der Waals surface area contributed by atoms with E-state index in [4.69, 9.17) is 9.47 Å². The van der Waals surface area contributed by atoms with Gasteiger partial charge in [0.05, 0.1) is 0 Å². The molecule has 1 heterocycles. The van der Waals surface area contributed by atoms with E-state index in [0.717, 1.165) is 18.4 Å². The van der Waals surface area contributed by atoms with E-state index >= 15 is 0 Å². The van der Waals surface area contributed by atoms with Crippen molar-refractivity contribution in [2.75, 3.05) is 13.1 Å². The van der Waals surface area contributed by atoms with Gasteiger partial charge < -0.3 is 19.7 Å². The maximum absolute atomic E-state index is 12.1. The number of rotatable bonds is 4. The van der Waals surface area contributed by atoms with Gasteiger partial charge in [0.2, 0.25) is 0 Å². The lowest BCUT2D eigenvalue weighted by atomic mass is 9.90. The van der Waals surface area contributed by atoms with Crippen LogP contribution in [-0.2, 0) is 16.1 Å². The third kappa shape index (κ3) is 6.58. The van der Waals surface area contributed by atoms with E-state index in [9.17, 15) is 9.59 Å². The first-order valence-corrected chi connectivity index (χ1v) is 9.20. The lowest BCUT2D eigenvalue weighted by Crippen LogP contribution is -2.46. The average molecular weight is 362 g/mol. The van der Waals surface area contributed by atoms with Crippen LogP contribution in [0, 0.1) is 5.92 Å². The van der Waals surface area contributed by atoms with E-state index in [1.165, 1.54) is 0 Å². The van der Waals surface area contributed by atoms with Crippen LogP contribution >= 0.6 is 0 Å². The van der Waals surface area contributed by atoms with E-state index in [1.54, 1.807) is 4.90 Å². The Hall–Kier alpha value is -2.24. The van der Waals surface area contributed by atoms with Gasteiger partial charge in [0.15, 0.2) is 0 Å². The molecule has 0 unspecified atom stereocenters. The van der Waals surface area contributed by atoms with Crippen LogP contribution in [0.25, 0.3) is 0 Å². The summed E-state index contributed by atoms with van der Waals surface area (Å²) in [7, 11) is 0. The zero-order valence-electron chi connectivity index (χ0n) is 16.2. The second-order valence-electron chi connectivity index (χ2n) is 7.80. The summed E-state index contributed by atoms with van der Waals surface area (Å²) in [4.78, 5) is 25.8. The summed E-state index contributed by atoms with van der Waals surface area (Å²) in [5.41, 5.74) is 0.478. The second-order valence-corrected chi connectivity index (χ2v) is 7.80. The molecular weight excluding hydrogens is 332 g/mol. The fourth-order valence-electron chi connectivity index (χ4n) is 2.98. The van der Waals surface area contributed by atoms with Gasteiger partial charge in [-0.05, 0) is 52.0 Å². The van der Waals surface area contributed by atoms with Crippen molar-refractivity contribution in [3.05, 3.63) is 35.9 Å². The summed E-state index contributed by atoms with van der Waals surface area (Å²) in [6.07, 6.45) is 0.994. The number of hydrogen-bond acceptors (Lipinski definition) is 4. The zero-order chi connectivity index (χ0) is 19.2. The summed E-state index contributed by atoms with van der Waals surface area (Å²) >= 11 is 0. The van der Waals surface area contributed by atoms with Crippen LogP contribution in [0.5, 0.6) is 0 Å². The summed E-state index contributed by atoms with van der Waals surface area (Å²) < 4.78 is 10.7. The number of benzene rings is 1. The van der Waals surface area contributed by atoms with Crippen molar-refractivity contribution in [3.63, 3.8) is 0 Å². The summed E-state index contributed by atoms with van der Waals surface area (Å²) in [5, 5.41) is 2.91. The van der Waals surface area contributed by atoms with Crippen LogP contribution in [0.3, 0.4) is 0 Å². The first-order valence-electron chi connectivity index (χ1n) is 9.20. The molecule has 6 nitrogen and oxygen atoms in total. The highest BCUT2D eigenvalue weighted by Gasteiger charge is 2.29. The van der Waals surface area contributed by atoms with Crippen LogP contribution < -0.4 is 5.32 Å². The predicted octanol–water partition coefficient (Wildman–Crippen LogP) is 3.95. The molecule has 1 aliphatic rings. The molecule has 0 spiro atoms. The standard InChI is InChI=1S/C20H30N2O4/c1-15(21-18(23)25-14-16-8-6-5-7-9-16)17-10-12-22(13-11-17)19(24)26-20(2,3)4/h5-9,15,17H,10-14H2,1-4H3,(H,21,23)/t15-/m1/s1. The molecule has 0 radical (unpaired) electrons. The molecule has 1 aliphatic heterocycles. The Kier molecular flexibility index (Phi) is 6.89. The predicted molar refractivity (Wildman–Crippen MR) is 99.8 cm³/mol. The minimum Gasteiger partial charge on any atom is -0.445 e. The molecule has 0 bridgehead atoms. The van der Waals surface area contributed by atoms with Gasteiger partial charge in [0.1, 0.15) is 12.2 Å². The fraction of sp³-hybridized carbons (Fsp3) is 0.600. The molecule has 2 amide bonds. The monoisotopic (exact) mass is 362 g/mol. The van der Waals surface area contributed by atoms with Crippen molar-refractivity contribution in [2.45, 2.75) is 58.8 Å². The van der Waals surface area contributed by atoms with Crippen molar-refractivity contribution < 1.29 is 19.1 Å². The minimum atomic E-state index is -0.481. The van der Waals surface area contributed by atoms with E-state index in [2.05, 4.69) is 5.32 Å². The zero-order valence-corrected chi connectivity index (χ0v) is 16.2. The minimum absolute atomic E-state index is 0.000870. The lowest BCUT2D eigenvalue weighted by molar-refractivity contribution is 0.0169. The first-order chi connectivity index (χ1) is 12.2. The van der Waals surface area contributed by atoms with Gasteiger partial charge in [-0.3, -0.25) is 0 Å². The third-order valence-corrected chi connectivity index (χ3v) is 4.46. The van der Waals surface area contributed by atoms with Gasteiger partial charge in [0.25, 0.3) is 0 Å². The molecule has 0 saturated carbocycles. The van der Waals surface area contributed by atoms with E-state index in [-0.39, 0.29) is 18.7 Å². The Morgan fingerprint density at radius 3 is 2.38 bits per heavy atom. The number of likely N-dealkylation sites (tertiary alicyclic amines) is 1. The molecule has 144 valence electrons. The highest BCUT2D eigenvalue weighted by atomic mass is 16.6. The molecule has 1 aromatic carbocycles. The molecular formula is C20H30N2O4. The first kappa shape index (κ1) is 20.1. The van der Waals surface area contributed by atoms with Crippen LogP contribution in [-0.4, -0.2) is 41.8 Å². The number of nitrogens with zero attached hydrogens (tertiary/aromatic N) is 1. The highest BCUT2D eigenvalue weighted by Crippen LogP contribution is 2.22. The number of carbonyl (C=O) groups excluding carboxylic acids is 2. The Labute approximate surface area is 155 Å². The van der Waals surface area contributed by atoms with Crippen molar-refractivity contribution in [2.24, 2.45) is 5.92 Å². The summed E-state index contributed by atoms with van der Waals surface area (Å²) in [6.45, 7) is 9.13. The lowest BCUT2D eigenvalue weighted by Gasteiger charge is -2.35. The Morgan fingerprint density at radius 1 is 1.19 bits per heavy atom. The van der Waals surface area contributed by atoms with Crippen LogP contribution in [0.15, 0.2) is 30.3 Å². The molecule has 26 heavy (non-hydrogen) atoms. The average Bonchev–Trinajstić information content (AvgIpc) is 2.59. The maximum atomic E-state index is 12.1. The van der Waals surface area contributed by atoms with Crippen LogP contribution in [0.4, 0.5) is 9.59 Å². The molecule has 2 rings (SSSR count). The number of carbonyl (C=O) groups is 2. The summed E-state index contributed by atoms with van der Waals surface area (Å²) in [6, 6.07) is 9.59. The molecule has 1 aromatic rings. The van der Waals surface area contributed by atoms with E-state index in [0.29, 0.717) is 19.0 Å². The van der Waals surface area contributed by atoms with Gasteiger partial charge in [-0.2, -0.15) is 0 Å². The third-order valence-electron chi connectivity index (χ3n) is 4.46. The SMILES string of the molecule is C[C@@H](NC(=O)OCc1ccccc1)C1CCN(C(=O)OC(C)(C)C)CC1. The molecule has 6 heteroatoms. The van der Waals surface area contributed by atoms with Crippen molar-refractivity contribution in [1.29, 1.82) is 0 Å². The number of hydrogen-bond donors (Lipinski definition) is 1. The topological polar surface area (TPSA) is 67.9 Å². The molecule has 1 saturated heterocycles. The molecule has 1 fully saturated rings. The van der Waals surface area contributed by atoms with Crippen molar-refractivity contribution in [1.82, 2.24) is 10.2 Å². The normalized spacial score (nSPS) is 16.7. The van der Waals surface area contributed by atoms with Gasteiger partial charge in [-0.25, -0.2) is 9.59 Å². The number of nitrogens with one attached hydrogen (secondary N) is 1. The number of alkyl carbamates (subject to hydrolysis) is 1. The van der Waals surface area contributed by atoms with Crippen molar-refractivity contribution in [3.8, 4) is 0 Å². The maximum Gasteiger partial charge on any atom is 0.410 e. The van der Waals surface area contributed by atoms with Gasteiger partial charge >= 0.3 is 12.2 Å². The quantitative estimate of drug-likeness (QED) is 0.881. The molecule has 1 atom stereocenters. The molecule has 0 aliphatic carbocycles. The highest BCUT2D eigenvalue weighted by molar-refractivity contribution is 5.68. The van der Waals surface area contributed by atoms with E-state index < -0.39 is 11.7 Å². The largest absolute Gasteiger partial charge is 0.445 e. The Balaban J connectivity index is 1.71. The molecule has 1 N–H and O–H groups in total. The van der Waals surface area contributed by atoms with Crippen molar-refractivity contribution >= 4 is 12.2 Å². The number of ether oxygens (including phenoxy) is 2. The smallest absolute Gasteiger partial charge is 0.410 e. The fourth-order valence-corrected chi connectivity index (χ4v) is 2.98. The number of piperidine rings is 1. The van der Waals surface area contributed by atoms with Gasteiger partial charge in [0, 0.05) is 19.1 Å². The van der Waals surface area contributed by atoms with Crippen LogP contribution in [0.2, 0.25) is 0 Å². The Morgan fingerprint density at radius 2 is 1.81 bits per heavy atom.